The molecule has 0 aliphatic carbocycles. The zero-order valence-electron chi connectivity index (χ0n) is 24.5. The SMILES string of the molecule is C=C(F)C(=O)N1CC[C@@H](Nc2c(C#N)c(OC[C@@H]3CCCN3C)nc3cc(-c4cccc5ccc(F)c(Cl)c45)ccc23)[C@H]1C. The van der Waals surface area contributed by atoms with Gasteiger partial charge in [-0.2, -0.15) is 5.26 Å². The van der Waals surface area contributed by atoms with Crippen LogP contribution >= 0.6 is 11.6 Å². The van der Waals surface area contributed by atoms with E-state index >= 15 is 0 Å². The van der Waals surface area contributed by atoms with Crippen LogP contribution < -0.4 is 10.1 Å². The average Bonchev–Trinajstić information content (AvgIpc) is 3.60. The number of anilines is 1. The lowest BCUT2D eigenvalue weighted by Gasteiger charge is -2.26. The van der Waals surface area contributed by atoms with Gasteiger partial charge in [0.15, 0.2) is 5.83 Å². The Hall–Kier alpha value is -4.26. The highest BCUT2D eigenvalue weighted by Crippen LogP contribution is 2.40. The molecular weight excluding hydrogens is 584 g/mol. The van der Waals surface area contributed by atoms with Crippen LogP contribution in [0.3, 0.4) is 0 Å². The Morgan fingerprint density at radius 3 is 2.77 bits per heavy atom. The average molecular weight is 616 g/mol. The maximum atomic E-state index is 14.5. The van der Waals surface area contributed by atoms with Crippen LogP contribution in [0.4, 0.5) is 14.5 Å². The number of nitrogens with zero attached hydrogens (tertiary/aromatic N) is 4. The number of hydrogen-bond acceptors (Lipinski definition) is 6. The number of benzene rings is 3. The van der Waals surface area contributed by atoms with E-state index in [0.29, 0.717) is 41.5 Å². The molecule has 2 saturated heterocycles. The molecule has 1 N–H and O–H groups in total. The number of hydrogen-bond donors (Lipinski definition) is 1. The van der Waals surface area contributed by atoms with E-state index in [1.807, 2.05) is 43.3 Å². The van der Waals surface area contributed by atoms with Gasteiger partial charge in [-0.05, 0) is 68.4 Å². The Bertz CT molecular complexity index is 1840. The Balaban J connectivity index is 1.46. The van der Waals surface area contributed by atoms with Crippen molar-refractivity contribution in [1.82, 2.24) is 14.8 Å². The normalized spacial score (nSPS) is 20.3. The molecule has 4 aromatic rings. The number of aromatic nitrogens is 1. The molecule has 3 heterocycles. The number of nitrogens with one attached hydrogen (secondary N) is 1. The lowest BCUT2D eigenvalue weighted by molar-refractivity contribution is -0.129. The first-order chi connectivity index (χ1) is 21.2. The van der Waals surface area contributed by atoms with Gasteiger partial charge in [-0.3, -0.25) is 4.79 Å². The van der Waals surface area contributed by atoms with Gasteiger partial charge < -0.3 is 19.9 Å². The summed E-state index contributed by atoms with van der Waals surface area (Å²) in [6.45, 7) is 6.72. The van der Waals surface area contributed by atoms with Crippen molar-refractivity contribution in [2.75, 3.05) is 32.1 Å². The van der Waals surface area contributed by atoms with E-state index in [2.05, 4.69) is 29.9 Å². The first-order valence-corrected chi connectivity index (χ1v) is 15.1. The summed E-state index contributed by atoms with van der Waals surface area (Å²) in [4.78, 5) is 20.9. The highest BCUT2D eigenvalue weighted by atomic mass is 35.5. The number of carbonyl (C=O) groups is 1. The zero-order chi connectivity index (χ0) is 31.1. The minimum atomic E-state index is -1.00. The van der Waals surface area contributed by atoms with Crippen LogP contribution in [0, 0.1) is 17.1 Å². The number of pyridine rings is 1. The minimum absolute atomic E-state index is 0.0447. The van der Waals surface area contributed by atoms with Gasteiger partial charge in [0.25, 0.3) is 5.91 Å². The molecule has 1 amide bonds. The van der Waals surface area contributed by atoms with E-state index < -0.39 is 17.6 Å². The van der Waals surface area contributed by atoms with Gasteiger partial charge in [-0.15, -0.1) is 0 Å². The van der Waals surface area contributed by atoms with Gasteiger partial charge in [0.1, 0.15) is 24.1 Å². The maximum Gasteiger partial charge on any atom is 0.282 e. The maximum absolute atomic E-state index is 14.5. The first-order valence-electron chi connectivity index (χ1n) is 14.7. The van der Waals surface area contributed by atoms with Crippen LogP contribution in [0.1, 0.15) is 31.7 Å². The molecule has 3 aromatic carbocycles. The number of amides is 1. The van der Waals surface area contributed by atoms with Crippen LogP contribution in [0.5, 0.6) is 5.88 Å². The number of likely N-dealkylation sites (N-methyl/N-ethyl adjacent to an activating group) is 1. The largest absolute Gasteiger partial charge is 0.475 e. The molecule has 2 aliphatic rings. The Kier molecular flexibility index (Phi) is 8.14. The van der Waals surface area contributed by atoms with Crippen molar-refractivity contribution < 1.29 is 18.3 Å². The standard InChI is InChI=1S/C34H32ClF2N5O2/c1-19(36)34(43)42-15-13-28(20(42)2)39-32-25-11-9-22(24-8-4-6-21-10-12-27(37)31(35)30(21)24)16-29(25)40-33(26(32)17-38)44-18-23-7-5-14-41(23)3/h4,6,8-12,16,20,23,28H,1,5,7,13-15,18H2,2-3H3,(H,39,40)/t20-,23+,28-/m1/s1. The molecule has 0 spiro atoms. The molecule has 10 heteroatoms. The van der Waals surface area contributed by atoms with E-state index in [1.165, 1.54) is 11.0 Å². The third kappa shape index (κ3) is 5.33. The number of rotatable bonds is 7. The van der Waals surface area contributed by atoms with Gasteiger partial charge >= 0.3 is 0 Å². The van der Waals surface area contributed by atoms with E-state index in [-0.39, 0.29) is 34.6 Å². The van der Waals surface area contributed by atoms with Gasteiger partial charge in [0.05, 0.1) is 16.2 Å². The molecule has 44 heavy (non-hydrogen) atoms. The molecule has 7 nitrogen and oxygen atoms in total. The second kappa shape index (κ2) is 12.0. The summed E-state index contributed by atoms with van der Waals surface area (Å²) in [5.74, 6) is -2.03. The number of fused-ring (bicyclic) bond motifs is 2. The molecular formula is C34H32ClF2N5O2. The molecule has 1 aromatic heterocycles. The van der Waals surface area contributed by atoms with Crippen molar-refractivity contribution in [3.63, 3.8) is 0 Å². The highest BCUT2D eigenvalue weighted by molar-refractivity contribution is 6.37. The van der Waals surface area contributed by atoms with Crippen LogP contribution in [0.15, 0.2) is 60.9 Å². The summed E-state index contributed by atoms with van der Waals surface area (Å²) in [5.41, 5.74) is 2.88. The molecule has 2 fully saturated rings. The molecule has 6 rings (SSSR count). The predicted molar refractivity (Wildman–Crippen MR) is 169 cm³/mol. The van der Waals surface area contributed by atoms with Crippen LogP contribution in [-0.4, -0.2) is 65.6 Å². The fourth-order valence-electron chi connectivity index (χ4n) is 6.44. The molecule has 3 atom stereocenters. The number of likely N-dealkylation sites (tertiary alicyclic amines) is 2. The van der Waals surface area contributed by atoms with Crippen molar-refractivity contribution in [3.8, 4) is 23.1 Å². The highest BCUT2D eigenvalue weighted by Gasteiger charge is 2.36. The summed E-state index contributed by atoms with van der Waals surface area (Å²) < 4.78 is 34.5. The molecule has 0 saturated carbocycles. The second-order valence-electron chi connectivity index (χ2n) is 11.5. The van der Waals surface area contributed by atoms with E-state index in [0.717, 1.165) is 35.9 Å². The Labute approximate surface area is 259 Å². The van der Waals surface area contributed by atoms with Gasteiger partial charge in [-0.25, -0.2) is 13.8 Å². The summed E-state index contributed by atoms with van der Waals surface area (Å²) in [5, 5.41) is 16.0. The lowest BCUT2D eigenvalue weighted by Crippen LogP contribution is -2.40. The van der Waals surface area contributed by atoms with Crippen molar-refractivity contribution in [2.24, 2.45) is 0 Å². The number of halogens is 3. The fraction of sp³-hybridized carbons (Fsp3) is 0.324. The predicted octanol–water partition coefficient (Wildman–Crippen LogP) is 7.08. The monoisotopic (exact) mass is 615 g/mol. The van der Waals surface area contributed by atoms with Crippen LogP contribution in [0.2, 0.25) is 5.02 Å². The van der Waals surface area contributed by atoms with E-state index in [1.54, 1.807) is 6.07 Å². The number of carbonyl (C=O) groups excluding carboxylic acids is 1. The molecule has 0 bridgehead atoms. The van der Waals surface area contributed by atoms with Crippen LogP contribution in [0.25, 0.3) is 32.8 Å². The topological polar surface area (TPSA) is 81.5 Å². The molecule has 0 radical (unpaired) electrons. The second-order valence-corrected chi connectivity index (χ2v) is 11.9. The Morgan fingerprint density at radius 2 is 2.05 bits per heavy atom. The summed E-state index contributed by atoms with van der Waals surface area (Å²) in [6.07, 6.45) is 2.62. The van der Waals surface area contributed by atoms with E-state index in [9.17, 15) is 18.8 Å². The third-order valence-electron chi connectivity index (χ3n) is 8.97. The van der Waals surface area contributed by atoms with E-state index in [4.69, 9.17) is 21.3 Å². The zero-order valence-corrected chi connectivity index (χ0v) is 25.3. The number of ether oxygens (including phenoxy) is 1. The van der Waals surface area contributed by atoms with Gasteiger partial charge in [0, 0.05) is 35.4 Å². The van der Waals surface area contributed by atoms with Crippen molar-refractivity contribution in [1.29, 1.82) is 5.26 Å². The summed E-state index contributed by atoms with van der Waals surface area (Å²) in [7, 11) is 2.05. The first kappa shape index (κ1) is 29.8. The van der Waals surface area contributed by atoms with Gasteiger partial charge in [-0.1, -0.05) is 54.6 Å². The molecule has 0 unspecified atom stereocenters. The lowest BCUT2D eigenvalue weighted by atomic mass is 9.96. The smallest absolute Gasteiger partial charge is 0.282 e. The molecule has 2 aliphatic heterocycles. The Morgan fingerprint density at radius 1 is 1.23 bits per heavy atom. The van der Waals surface area contributed by atoms with Crippen molar-refractivity contribution >= 4 is 44.9 Å². The third-order valence-corrected chi connectivity index (χ3v) is 9.34. The summed E-state index contributed by atoms with van der Waals surface area (Å²) >= 11 is 6.45. The van der Waals surface area contributed by atoms with Crippen molar-refractivity contribution in [2.45, 2.75) is 44.3 Å². The van der Waals surface area contributed by atoms with Gasteiger partial charge in [0.2, 0.25) is 5.88 Å². The van der Waals surface area contributed by atoms with Crippen LogP contribution in [-0.2, 0) is 4.79 Å². The minimum Gasteiger partial charge on any atom is -0.475 e. The fourth-order valence-corrected chi connectivity index (χ4v) is 6.72. The molecule has 226 valence electrons. The quantitative estimate of drug-likeness (QED) is 0.224. The van der Waals surface area contributed by atoms with Crippen molar-refractivity contribution in [3.05, 3.63) is 77.3 Å². The summed E-state index contributed by atoms with van der Waals surface area (Å²) in [6, 6.07) is 16.2. The number of nitriles is 1.